The van der Waals surface area contributed by atoms with E-state index in [-0.39, 0.29) is 0 Å². The van der Waals surface area contributed by atoms with Gasteiger partial charge < -0.3 is 14.7 Å². The standard InChI is InChI=1S/C19H23NO3/c1-19(18(21)22)10-12-20(14-19)11-5-13-23-17-9-4-7-15-6-2-3-8-16(15)17/h2-4,6-9H,5,10-14H2,1H3,(H,21,22). The number of carboxylic acid groups (broad SMARTS) is 1. The zero-order chi connectivity index (χ0) is 16.3. The lowest BCUT2D eigenvalue weighted by Gasteiger charge is -2.20. The third-order valence-electron chi connectivity index (χ3n) is 4.69. The molecule has 2 aromatic carbocycles. The number of hydrogen-bond donors (Lipinski definition) is 1. The number of likely N-dealkylation sites (tertiary alicyclic amines) is 1. The Bertz CT molecular complexity index is 695. The van der Waals surface area contributed by atoms with E-state index < -0.39 is 11.4 Å². The van der Waals surface area contributed by atoms with Crippen LogP contribution in [-0.4, -0.2) is 42.2 Å². The highest BCUT2D eigenvalue weighted by Crippen LogP contribution is 2.30. The Kier molecular flexibility index (Phi) is 4.53. The number of carboxylic acids is 1. The van der Waals surface area contributed by atoms with E-state index in [0.717, 1.165) is 37.1 Å². The Balaban J connectivity index is 1.50. The SMILES string of the molecule is CC1(C(=O)O)CCN(CCCOc2cccc3ccccc23)C1. The first-order valence-corrected chi connectivity index (χ1v) is 8.15. The second kappa shape index (κ2) is 6.59. The molecule has 1 atom stereocenters. The maximum Gasteiger partial charge on any atom is 0.310 e. The minimum Gasteiger partial charge on any atom is -0.493 e. The molecule has 0 aromatic heterocycles. The second-order valence-electron chi connectivity index (χ2n) is 6.57. The van der Waals surface area contributed by atoms with E-state index in [4.69, 9.17) is 4.74 Å². The van der Waals surface area contributed by atoms with E-state index >= 15 is 0 Å². The Morgan fingerprint density at radius 2 is 2.04 bits per heavy atom. The van der Waals surface area contributed by atoms with E-state index in [2.05, 4.69) is 23.1 Å². The minimum atomic E-state index is -0.688. The van der Waals surface area contributed by atoms with Crippen LogP contribution in [0.3, 0.4) is 0 Å². The number of aliphatic carboxylic acids is 1. The summed E-state index contributed by atoms with van der Waals surface area (Å²) >= 11 is 0. The van der Waals surface area contributed by atoms with Crippen LogP contribution in [0.5, 0.6) is 5.75 Å². The molecule has 0 bridgehead atoms. The Morgan fingerprint density at radius 3 is 2.83 bits per heavy atom. The molecular formula is C19H23NO3. The summed E-state index contributed by atoms with van der Waals surface area (Å²) in [6.45, 7) is 4.86. The molecule has 0 amide bonds. The number of ether oxygens (including phenoxy) is 1. The number of fused-ring (bicyclic) bond motifs is 1. The predicted octanol–water partition coefficient (Wildman–Crippen LogP) is 3.41. The van der Waals surface area contributed by atoms with Crippen molar-refractivity contribution in [1.82, 2.24) is 4.90 Å². The maximum atomic E-state index is 11.3. The average molecular weight is 313 g/mol. The molecule has 1 saturated heterocycles. The van der Waals surface area contributed by atoms with Crippen molar-refractivity contribution in [3.63, 3.8) is 0 Å². The zero-order valence-corrected chi connectivity index (χ0v) is 13.5. The minimum absolute atomic E-state index is 0.587. The molecule has 1 aliphatic rings. The van der Waals surface area contributed by atoms with Crippen molar-refractivity contribution < 1.29 is 14.6 Å². The molecule has 3 rings (SSSR count). The number of nitrogens with zero attached hydrogens (tertiary/aromatic N) is 1. The number of rotatable bonds is 6. The maximum absolute atomic E-state index is 11.3. The van der Waals surface area contributed by atoms with E-state index in [1.807, 2.05) is 31.2 Å². The summed E-state index contributed by atoms with van der Waals surface area (Å²) in [5.74, 6) is 0.229. The molecule has 0 radical (unpaired) electrons. The molecule has 1 unspecified atom stereocenters. The van der Waals surface area contributed by atoms with Crippen LogP contribution in [0.15, 0.2) is 42.5 Å². The second-order valence-corrected chi connectivity index (χ2v) is 6.57. The average Bonchev–Trinajstić information content (AvgIpc) is 2.94. The smallest absolute Gasteiger partial charge is 0.310 e. The van der Waals surface area contributed by atoms with Gasteiger partial charge in [0, 0.05) is 18.5 Å². The normalized spacial score (nSPS) is 21.6. The molecule has 1 heterocycles. The summed E-state index contributed by atoms with van der Waals surface area (Å²) in [4.78, 5) is 13.5. The molecule has 1 N–H and O–H groups in total. The lowest BCUT2D eigenvalue weighted by atomic mass is 9.90. The van der Waals surface area contributed by atoms with Crippen molar-refractivity contribution in [1.29, 1.82) is 0 Å². The number of benzene rings is 2. The topological polar surface area (TPSA) is 49.8 Å². The lowest BCUT2D eigenvalue weighted by molar-refractivity contribution is -0.147. The third kappa shape index (κ3) is 3.48. The van der Waals surface area contributed by atoms with Gasteiger partial charge in [-0.3, -0.25) is 4.79 Å². The molecule has 1 fully saturated rings. The lowest BCUT2D eigenvalue weighted by Crippen LogP contribution is -2.32. The molecule has 23 heavy (non-hydrogen) atoms. The van der Waals surface area contributed by atoms with E-state index in [9.17, 15) is 9.90 Å². The van der Waals surface area contributed by atoms with Crippen LogP contribution < -0.4 is 4.74 Å². The van der Waals surface area contributed by atoms with E-state index in [0.29, 0.717) is 13.2 Å². The van der Waals surface area contributed by atoms with Crippen LogP contribution in [0.4, 0.5) is 0 Å². The summed E-state index contributed by atoms with van der Waals surface area (Å²) in [7, 11) is 0. The molecule has 0 spiro atoms. The molecule has 1 aliphatic heterocycles. The van der Waals surface area contributed by atoms with Gasteiger partial charge in [-0.1, -0.05) is 36.4 Å². The van der Waals surface area contributed by atoms with E-state index in [1.165, 1.54) is 5.39 Å². The van der Waals surface area contributed by atoms with Crippen molar-refractivity contribution in [2.24, 2.45) is 5.41 Å². The van der Waals surface area contributed by atoms with Gasteiger partial charge in [0.25, 0.3) is 0 Å². The van der Waals surface area contributed by atoms with Crippen molar-refractivity contribution in [2.45, 2.75) is 19.8 Å². The summed E-state index contributed by atoms with van der Waals surface area (Å²) in [6, 6.07) is 14.3. The largest absolute Gasteiger partial charge is 0.493 e. The van der Waals surface area contributed by atoms with Crippen molar-refractivity contribution in [2.75, 3.05) is 26.2 Å². The summed E-state index contributed by atoms with van der Waals surface area (Å²) in [5, 5.41) is 11.6. The molecule has 2 aromatic rings. The van der Waals surface area contributed by atoms with Gasteiger partial charge in [0.2, 0.25) is 0 Å². The number of carbonyl (C=O) groups is 1. The fraction of sp³-hybridized carbons (Fsp3) is 0.421. The van der Waals surface area contributed by atoms with Crippen LogP contribution in [0, 0.1) is 5.41 Å². The first-order chi connectivity index (χ1) is 11.1. The van der Waals surface area contributed by atoms with Crippen LogP contribution in [0.25, 0.3) is 10.8 Å². The highest BCUT2D eigenvalue weighted by molar-refractivity contribution is 5.88. The van der Waals surface area contributed by atoms with Crippen molar-refractivity contribution in [3.05, 3.63) is 42.5 Å². The molecule has 0 saturated carbocycles. The van der Waals surface area contributed by atoms with Crippen LogP contribution >= 0.6 is 0 Å². The predicted molar refractivity (Wildman–Crippen MR) is 90.9 cm³/mol. The van der Waals surface area contributed by atoms with Crippen LogP contribution in [0.2, 0.25) is 0 Å². The quantitative estimate of drug-likeness (QED) is 0.830. The Labute approximate surface area is 136 Å². The first-order valence-electron chi connectivity index (χ1n) is 8.15. The van der Waals surface area contributed by atoms with Crippen LogP contribution in [-0.2, 0) is 4.79 Å². The van der Waals surface area contributed by atoms with Gasteiger partial charge in [0.15, 0.2) is 0 Å². The van der Waals surface area contributed by atoms with Gasteiger partial charge >= 0.3 is 5.97 Å². The highest BCUT2D eigenvalue weighted by Gasteiger charge is 2.39. The number of hydrogen-bond acceptors (Lipinski definition) is 3. The van der Waals surface area contributed by atoms with Crippen molar-refractivity contribution >= 4 is 16.7 Å². The highest BCUT2D eigenvalue weighted by atomic mass is 16.5. The molecular weight excluding hydrogens is 290 g/mol. The Morgan fingerprint density at radius 1 is 1.26 bits per heavy atom. The van der Waals surface area contributed by atoms with Gasteiger partial charge in [-0.2, -0.15) is 0 Å². The van der Waals surface area contributed by atoms with Gasteiger partial charge in [0.1, 0.15) is 5.75 Å². The molecule has 122 valence electrons. The van der Waals surface area contributed by atoms with E-state index in [1.54, 1.807) is 0 Å². The van der Waals surface area contributed by atoms with Gasteiger partial charge in [-0.15, -0.1) is 0 Å². The van der Waals surface area contributed by atoms with Gasteiger partial charge in [0.05, 0.1) is 12.0 Å². The van der Waals surface area contributed by atoms with Crippen LogP contribution in [0.1, 0.15) is 19.8 Å². The molecule has 4 heteroatoms. The van der Waals surface area contributed by atoms with Gasteiger partial charge in [-0.25, -0.2) is 0 Å². The van der Waals surface area contributed by atoms with Gasteiger partial charge in [-0.05, 0) is 37.8 Å². The third-order valence-corrected chi connectivity index (χ3v) is 4.69. The monoisotopic (exact) mass is 313 g/mol. The summed E-state index contributed by atoms with van der Waals surface area (Å²) in [6.07, 6.45) is 1.63. The van der Waals surface area contributed by atoms with Crippen molar-refractivity contribution in [3.8, 4) is 5.75 Å². The Hall–Kier alpha value is -2.07. The summed E-state index contributed by atoms with van der Waals surface area (Å²) < 4.78 is 5.94. The zero-order valence-electron chi connectivity index (χ0n) is 13.5. The fourth-order valence-corrected chi connectivity index (χ4v) is 3.21. The fourth-order valence-electron chi connectivity index (χ4n) is 3.21. The molecule has 4 nitrogen and oxygen atoms in total. The first kappa shape index (κ1) is 15.8. The summed E-state index contributed by atoms with van der Waals surface area (Å²) in [5.41, 5.74) is -0.587. The molecule has 0 aliphatic carbocycles.